The smallest absolute Gasteiger partial charge is 0.191 e. The number of halogens is 1. The van der Waals surface area contributed by atoms with Crippen LogP contribution in [-0.2, 0) is 0 Å². The van der Waals surface area contributed by atoms with Crippen LogP contribution in [0.25, 0.3) is 0 Å². The Morgan fingerprint density at radius 3 is 3.14 bits per heavy atom. The van der Waals surface area contributed by atoms with E-state index >= 15 is 0 Å². The highest BCUT2D eigenvalue weighted by atomic mass is 127. The third-order valence-electron chi connectivity index (χ3n) is 3.05. The van der Waals surface area contributed by atoms with Gasteiger partial charge in [-0.25, -0.2) is 4.98 Å². The maximum atomic E-state index is 4.68. The number of hydrogen-bond donors (Lipinski definition) is 2. The highest BCUT2D eigenvalue weighted by molar-refractivity contribution is 14.0. The molecule has 1 unspecified atom stereocenters. The number of aromatic nitrogens is 1. The van der Waals surface area contributed by atoms with Gasteiger partial charge in [0.25, 0.3) is 0 Å². The minimum Gasteiger partial charge on any atom is -0.357 e. The molecule has 2 heterocycles. The lowest BCUT2D eigenvalue weighted by Gasteiger charge is -2.24. The Labute approximate surface area is 163 Å². The van der Waals surface area contributed by atoms with Gasteiger partial charge in [0.1, 0.15) is 4.34 Å². The largest absolute Gasteiger partial charge is 0.357 e. The zero-order chi connectivity index (χ0) is 14.8. The molecule has 1 aliphatic heterocycles. The van der Waals surface area contributed by atoms with Crippen molar-refractivity contribution >= 4 is 64.8 Å². The summed E-state index contributed by atoms with van der Waals surface area (Å²) in [6, 6.07) is 0.575. The quantitative estimate of drug-likeness (QED) is 0.208. The van der Waals surface area contributed by atoms with E-state index < -0.39 is 0 Å². The van der Waals surface area contributed by atoms with Crippen molar-refractivity contribution in [2.45, 2.75) is 36.6 Å². The van der Waals surface area contributed by atoms with E-state index in [2.05, 4.69) is 27.5 Å². The topological polar surface area (TPSA) is 49.3 Å². The van der Waals surface area contributed by atoms with E-state index in [0.717, 1.165) is 35.6 Å². The standard InChI is InChI=1S/C14H24N4S3.HI/c1-2-15-13(18-12-5-3-8-19-11-12)16-6-4-9-20-14-17-7-10-21-14;/h7,10,12H,2-6,8-9,11H2,1H3,(H2,15,16,18);1H. The summed E-state index contributed by atoms with van der Waals surface area (Å²) in [6.45, 7) is 3.90. The van der Waals surface area contributed by atoms with Crippen LogP contribution < -0.4 is 10.6 Å². The summed E-state index contributed by atoms with van der Waals surface area (Å²) in [4.78, 5) is 8.96. The van der Waals surface area contributed by atoms with Gasteiger partial charge in [0, 0.05) is 42.2 Å². The third-order valence-corrected chi connectivity index (χ3v) is 6.32. The summed E-state index contributed by atoms with van der Waals surface area (Å²) < 4.78 is 1.16. The van der Waals surface area contributed by atoms with E-state index in [0.29, 0.717) is 6.04 Å². The second-order valence-electron chi connectivity index (χ2n) is 4.82. The molecule has 1 aromatic heterocycles. The third kappa shape index (κ3) is 8.26. The average Bonchev–Trinajstić information content (AvgIpc) is 3.01. The Kier molecular flexibility index (Phi) is 11.8. The van der Waals surface area contributed by atoms with Crippen LogP contribution in [0.3, 0.4) is 0 Å². The molecule has 0 spiro atoms. The van der Waals surface area contributed by atoms with Crippen molar-refractivity contribution in [3.63, 3.8) is 0 Å². The molecule has 22 heavy (non-hydrogen) atoms. The van der Waals surface area contributed by atoms with Gasteiger partial charge >= 0.3 is 0 Å². The molecule has 2 N–H and O–H groups in total. The Balaban J connectivity index is 0.00000242. The Morgan fingerprint density at radius 1 is 1.55 bits per heavy atom. The fraction of sp³-hybridized carbons (Fsp3) is 0.714. The molecule has 1 aliphatic rings. The van der Waals surface area contributed by atoms with E-state index in [9.17, 15) is 0 Å². The summed E-state index contributed by atoms with van der Waals surface area (Å²) in [5, 5.41) is 8.93. The monoisotopic (exact) mass is 472 g/mol. The van der Waals surface area contributed by atoms with E-state index in [1.807, 2.05) is 35.1 Å². The fourth-order valence-electron chi connectivity index (χ4n) is 2.06. The van der Waals surface area contributed by atoms with Crippen molar-refractivity contribution in [2.24, 2.45) is 4.99 Å². The fourth-order valence-corrected chi connectivity index (χ4v) is 4.77. The van der Waals surface area contributed by atoms with Crippen molar-refractivity contribution in [1.82, 2.24) is 15.6 Å². The number of thioether (sulfide) groups is 2. The highest BCUT2D eigenvalue weighted by Gasteiger charge is 2.14. The molecular formula is C14H25IN4S3. The summed E-state index contributed by atoms with van der Waals surface area (Å²) in [6.07, 6.45) is 5.52. The molecule has 0 aliphatic carbocycles. The summed E-state index contributed by atoms with van der Waals surface area (Å²) in [7, 11) is 0. The lowest BCUT2D eigenvalue weighted by Crippen LogP contribution is -2.45. The zero-order valence-electron chi connectivity index (χ0n) is 12.9. The number of aliphatic imine (C=N–C) groups is 1. The SMILES string of the molecule is CCNC(=NCCCSc1nccs1)NC1CCCSC1.I. The molecule has 0 radical (unpaired) electrons. The first-order valence-electron chi connectivity index (χ1n) is 7.53. The summed E-state index contributed by atoms with van der Waals surface area (Å²) in [5.74, 6) is 4.56. The predicted octanol–water partition coefficient (Wildman–Crippen LogP) is 3.69. The van der Waals surface area contributed by atoms with Gasteiger partial charge in [-0.1, -0.05) is 11.8 Å². The lowest BCUT2D eigenvalue weighted by atomic mass is 10.2. The molecule has 1 saturated heterocycles. The van der Waals surface area contributed by atoms with Gasteiger partial charge < -0.3 is 10.6 Å². The average molecular weight is 472 g/mol. The van der Waals surface area contributed by atoms with Crippen molar-refractivity contribution < 1.29 is 0 Å². The van der Waals surface area contributed by atoms with Crippen LogP contribution in [-0.4, -0.2) is 47.3 Å². The second kappa shape index (κ2) is 12.7. The normalized spacial score (nSPS) is 18.6. The summed E-state index contributed by atoms with van der Waals surface area (Å²) >= 11 is 5.57. The van der Waals surface area contributed by atoms with Crippen LogP contribution >= 0.6 is 58.8 Å². The van der Waals surface area contributed by atoms with Crippen molar-refractivity contribution in [3.05, 3.63) is 11.6 Å². The molecular weight excluding hydrogens is 447 g/mol. The minimum atomic E-state index is 0. The first-order valence-corrected chi connectivity index (χ1v) is 10.6. The predicted molar refractivity (Wildman–Crippen MR) is 112 cm³/mol. The highest BCUT2D eigenvalue weighted by Crippen LogP contribution is 2.20. The molecule has 0 bridgehead atoms. The lowest BCUT2D eigenvalue weighted by molar-refractivity contribution is 0.582. The van der Waals surface area contributed by atoms with Gasteiger partial charge in [-0.3, -0.25) is 4.99 Å². The number of guanidine groups is 1. The molecule has 2 rings (SSSR count). The molecule has 4 nitrogen and oxygen atoms in total. The van der Waals surface area contributed by atoms with Crippen LogP contribution in [0.1, 0.15) is 26.2 Å². The van der Waals surface area contributed by atoms with Crippen molar-refractivity contribution in [2.75, 3.05) is 30.3 Å². The van der Waals surface area contributed by atoms with Crippen LogP contribution in [0.15, 0.2) is 20.9 Å². The van der Waals surface area contributed by atoms with E-state index in [-0.39, 0.29) is 24.0 Å². The van der Waals surface area contributed by atoms with Crippen molar-refractivity contribution in [3.8, 4) is 0 Å². The van der Waals surface area contributed by atoms with E-state index in [1.54, 1.807) is 11.3 Å². The Hall–Kier alpha value is 0.330. The van der Waals surface area contributed by atoms with Crippen LogP contribution in [0.4, 0.5) is 0 Å². The number of rotatable bonds is 7. The van der Waals surface area contributed by atoms with Crippen molar-refractivity contribution in [1.29, 1.82) is 0 Å². The van der Waals surface area contributed by atoms with Gasteiger partial charge in [0.15, 0.2) is 5.96 Å². The van der Waals surface area contributed by atoms with Crippen LogP contribution in [0, 0.1) is 0 Å². The van der Waals surface area contributed by atoms with Gasteiger partial charge in [0.2, 0.25) is 0 Å². The number of thiazole rings is 1. The van der Waals surface area contributed by atoms with Gasteiger partial charge in [-0.05, 0) is 31.9 Å². The molecule has 0 amide bonds. The second-order valence-corrected chi connectivity index (χ2v) is 8.21. The summed E-state index contributed by atoms with van der Waals surface area (Å²) in [5.41, 5.74) is 0. The first-order chi connectivity index (χ1) is 10.4. The van der Waals surface area contributed by atoms with Crippen LogP contribution in [0.2, 0.25) is 0 Å². The Bertz CT molecular complexity index is 408. The maximum absolute atomic E-state index is 4.68. The number of nitrogens with one attached hydrogen (secondary N) is 2. The van der Waals surface area contributed by atoms with Gasteiger partial charge in [-0.2, -0.15) is 11.8 Å². The molecule has 1 fully saturated rings. The first kappa shape index (κ1) is 20.4. The molecule has 1 atom stereocenters. The molecule has 0 aromatic carbocycles. The zero-order valence-corrected chi connectivity index (χ0v) is 17.7. The van der Waals surface area contributed by atoms with Crippen LogP contribution in [0.5, 0.6) is 0 Å². The minimum absolute atomic E-state index is 0. The Morgan fingerprint density at radius 2 is 2.45 bits per heavy atom. The van der Waals surface area contributed by atoms with Gasteiger partial charge in [0.05, 0.1) is 0 Å². The molecule has 0 saturated carbocycles. The van der Waals surface area contributed by atoms with E-state index in [4.69, 9.17) is 0 Å². The molecule has 1 aromatic rings. The van der Waals surface area contributed by atoms with Gasteiger partial charge in [-0.15, -0.1) is 35.3 Å². The van der Waals surface area contributed by atoms with E-state index in [1.165, 1.54) is 24.3 Å². The maximum Gasteiger partial charge on any atom is 0.191 e. The molecule has 126 valence electrons. The number of hydrogen-bond acceptors (Lipinski definition) is 5. The molecule has 8 heteroatoms. The number of nitrogens with zero attached hydrogens (tertiary/aromatic N) is 2.